The highest BCUT2D eigenvalue weighted by Gasteiger charge is 2.19. The molecule has 1 aliphatic heterocycles. The zero-order valence-electron chi connectivity index (χ0n) is 12.7. The second kappa shape index (κ2) is 6.37. The average molecular weight is 349 g/mol. The highest BCUT2D eigenvalue weighted by Crippen LogP contribution is 2.33. The number of benzene rings is 2. The van der Waals surface area contributed by atoms with Gasteiger partial charge in [0.05, 0.1) is 15.5 Å². The summed E-state index contributed by atoms with van der Waals surface area (Å²) >= 11 is 6.00. The fourth-order valence-corrected chi connectivity index (χ4v) is 2.64. The number of carbonyl (C=O) groups excluding carboxylic acids is 1. The third-order valence-corrected chi connectivity index (χ3v) is 3.91. The molecule has 0 N–H and O–H groups in total. The minimum Gasteiger partial charge on any atom is -0.454 e. The molecule has 1 aliphatic rings. The van der Waals surface area contributed by atoms with Crippen molar-refractivity contribution >= 4 is 23.2 Å². The van der Waals surface area contributed by atoms with Crippen molar-refractivity contribution in [2.75, 3.05) is 13.8 Å². The lowest BCUT2D eigenvalue weighted by Gasteiger charge is -2.18. The topological polar surface area (TPSA) is 81.9 Å². The number of carbonyl (C=O) groups is 1. The van der Waals surface area contributed by atoms with Gasteiger partial charge in [0.15, 0.2) is 11.5 Å². The number of non-ortho nitro benzene ring substituents is 1. The predicted octanol–water partition coefficient (Wildman–Crippen LogP) is 3.25. The number of amides is 1. The summed E-state index contributed by atoms with van der Waals surface area (Å²) in [5.41, 5.74) is 0.925. The Morgan fingerprint density at radius 2 is 2.00 bits per heavy atom. The molecule has 0 aliphatic carbocycles. The van der Waals surface area contributed by atoms with Crippen LogP contribution in [0.2, 0.25) is 5.02 Å². The Morgan fingerprint density at radius 1 is 1.25 bits per heavy atom. The highest BCUT2D eigenvalue weighted by molar-refractivity contribution is 6.34. The number of hydrogen-bond acceptors (Lipinski definition) is 5. The van der Waals surface area contributed by atoms with Crippen LogP contribution in [0.25, 0.3) is 0 Å². The zero-order chi connectivity index (χ0) is 17.3. The van der Waals surface area contributed by atoms with E-state index in [9.17, 15) is 14.9 Å². The Kier molecular flexibility index (Phi) is 4.26. The third kappa shape index (κ3) is 3.11. The predicted molar refractivity (Wildman–Crippen MR) is 86.5 cm³/mol. The SMILES string of the molecule is CN(Cc1ccc2c(c1)OCO2)C(=O)c1ccc([N+](=O)[O-])cc1Cl. The molecule has 3 rings (SSSR count). The first kappa shape index (κ1) is 16.1. The monoisotopic (exact) mass is 348 g/mol. The van der Waals surface area contributed by atoms with Crippen molar-refractivity contribution < 1.29 is 19.2 Å². The van der Waals surface area contributed by atoms with E-state index in [1.807, 2.05) is 12.1 Å². The van der Waals surface area contributed by atoms with Gasteiger partial charge in [-0.25, -0.2) is 0 Å². The Labute approximate surface area is 142 Å². The minimum atomic E-state index is -0.559. The number of hydrogen-bond donors (Lipinski definition) is 0. The molecule has 24 heavy (non-hydrogen) atoms. The van der Waals surface area contributed by atoms with Gasteiger partial charge in [0, 0.05) is 25.7 Å². The summed E-state index contributed by atoms with van der Waals surface area (Å²) < 4.78 is 10.6. The quantitative estimate of drug-likeness (QED) is 0.625. The van der Waals surface area contributed by atoms with E-state index in [1.54, 1.807) is 13.1 Å². The summed E-state index contributed by atoms with van der Waals surface area (Å²) in [7, 11) is 1.63. The summed E-state index contributed by atoms with van der Waals surface area (Å²) in [5.74, 6) is 0.987. The van der Waals surface area contributed by atoms with Gasteiger partial charge in [0.25, 0.3) is 11.6 Å². The largest absolute Gasteiger partial charge is 0.454 e. The van der Waals surface area contributed by atoms with Gasteiger partial charge < -0.3 is 14.4 Å². The molecule has 0 unspecified atom stereocenters. The number of halogens is 1. The van der Waals surface area contributed by atoms with Gasteiger partial charge in [0.1, 0.15) is 0 Å². The van der Waals surface area contributed by atoms with E-state index in [4.69, 9.17) is 21.1 Å². The number of nitro benzene ring substituents is 1. The van der Waals surface area contributed by atoms with Crippen molar-refractivity contribution in [1.29, 1.82) is 0 Å². The minimum absolute atomic E-state index is 0.0479. The van der Waals surface area contributed by atoms with Gasteiger partial charge in [-0.2, -0.15) is 0 Å². The van der Waals surface area contributed by atoms with Crippen molar-refractivity contribution in [2.24, 2.45) is 0 Å². The van der Waals surface area contributed by atoms with Crippen LogP contribution in [0.5, 0.6) is 11.5 Å². The smallest absolute Gasteiger partial charge is 0.270 e. The summed E-state index contributed by atoms with van der Waals surface area (Å²) in [6.07, 6.45) is 0. The third-order valence-electron chi connectivity index (χ3n) is 3.60. The molecule has 0 aromatic heterocycles. The molecule has 0 radical (unpaired) electrons. The van der Waals surface area contributed by atoms with Crippen LogP contribution in [-0.4, -0.2) is 29.6 Å². The molecule has 2 aromatic rings. The maximum Gasteiger partial charge on any atom is 0.270 e. The standard InChI is InChI=1S/C16H13ClN2O5/c1-18(8-10-2-5-14-15(6-10)24-9-23-14)16(20)12-4-3-11(19(21)22)7-13(12)17/h2-7H,8-9H2,1H3. The van der Waals surface area contributed by atoms with Gasteiger partial charge in [-0.05, 0) is 23.8 Å². The molecular weight excluding hydrogens is 336 g/mol. The molecule has 2 aromatic carbocycles. The number of nitro groups is 1. The van der Waals surface area contributed by atoms with Crippen molar-refractivity contribution in [2.45, 2.75) is 6.54 Å². The Morgan fingerprint density at radius 3 is 2.71 bits per heavy atom. The summed E-state index contributed by atoms with van der Waals surface area (Å²) in [6, 6.07) is 9.23. The molecule has 0 atom stereocenters. The summed E-state index contributed by atoms with van der Waals surface area (Å²) in [6.45, 7) is 0.523. The molecular formula is C16H13ClN2O5. The first-order valence-corrected chi connectivity index (χ1v) is 7.41. The second-order valence-electron chi connectivity index (χ2n) is 5.27. The van der Waals surface area contributed by atoms with Crippen LogP contribution >= 0.6 is 11.6 Å². The Hall–Kier alpha value is -2.80. The van der Waals surface area contributed by atoms with Crippen LogP contribution in [0, 0.1) is 10.1 Å². The summed E-state index contributed by atoms with van der Waals surface area (Å²) in [4.78, 5) is 24.1. The lowest BCUT2D eigenvalue weighted by molar-refractivity contribution is -0.384. The van der Waals surface area contributed by atoms with Crippen LogP contribution in [0.1, 0.15) is 15.9 Å². The zero-order valence-corrected chi connectivity index (χ0v) is 13.4. The number of nitrogens with zero attached hydrogens (tertiary/aromatic N) is 2. The van der Waals surface area contributed by atoms with E-state index >= 15 is 0 Å². The maximum atomic E-state index is 12.5. The van der Waals surface area contributed by atoms with Crippen LogP contribution in [0.3, 0.4) is 0 Å². The first-order valence-electron chi connectivity index (χ1n) is 7.03. The molecule has 0 spiro atoms. The van der Waals surface area contributed by atoms with Gasteiger partial charge in [-0.1, -0.05) is 17.7 Å². The maximum absolute atomic E-state index is 12.5. The van der Waals surface area contributed by atoms with Gasteiger partial charge in [-0.15, -0.1) is 0 Å². The molecule has 0 saturated heterocycles. The van der Waals surface area contributed by atoms with Gasteiger partial charge in [-0.3, -0.25) is 14.9 Å². The normalized spacial score (nSPS) is 12.1. The molecule has 7 nitrogen and oxygen atoms in total. The molecule has 124 valence electrons. The van der Waals surface area contributed by atoms with Crippen LogP contribution in [0.15, 0.2) is 36.4 Å². The summed E-state index contributed by atoms with van der Waals surface area (Å²) in [5, 5.41) is 10.8. The Balaban J connectivity index is 1.76. The van der Waals surface area contributed by atoms with Crippen molar-refractivity contribution in [1.82, 2.24) is 4.90 Å². The molecule has 0 saturated carbocycles. The van der Waals surface area contributed by atoms with Gasteiger partial charge >= 0.3 is 0 Å². The van der Waals surface area contributed by atoms with Crippen molar-refractivity contribution in [3.8, 4) is 11.5 Å². The molecule has 0 bridgehead atoms. The molecule has 0 fully saturated rings. The fourth-order valence-electron chi connectivity index (χ4n) is 2.38. The van der Waals surface area contributed by atoms with E-state index in [1.165, 1.54) is 23.1 Å². The second-order valence-corrected chi connectivity index (χ2v) is 5.68. The lowest BCUT2D eigenvalue weighted by atomic mass is 10.1. The van der Waals surface area contributed by atoms with Crippen LogP contribution in [-0.2, 0) is 6.54 Å². The van der Waals surface area contributed by atoms with Crippen LogP contribution in [0.4, 0.5) is 5.69 Å². The van der Waals surface area contributed by atoms with E-state index < -0.39 is 4.92 Å². The molecule has 8 heteroatoms. The molecule has 1 amide bonds. The first-order chi connectivity index (χ1) is 11.5. The number of fused-ring (bicyclic) bond motifs is 1. The lowest BCUT2D eigenvalue weighted by Crippen LogP contribution is -2.26. The van der Waals surface area contributed by atoms with E-state index in [2.05, 4.69) is 0 Å². The fraction of sp³-hybridized carbons (Fsp3) is 0.188. The van der Waals surface area contributed by atoms with E-state index in [0.29, 0.717) is 18.0 Å². The average Bonchev–Trinajstić information content (AvgIpc) is 3.01. The van der Waals surface area contributed by atoms with Crippen molar-refractivity contribution in [3.63, 3.8) is 0 Å². The van der Waals surface area contributed by atoms with Gasteiger partial charge in [0.2, 0.25) is 6.79 Å². The molecule has 1 heterocycles. The van der Waals surface area contributed by atoms with Crippen molar-refractivity contribution in [3.05, 3.63) is 62.7 Å². The van der Waals surface area contributed by atoms with E-state index in [-0.39, 0.29) is 29.0 Å². The highest BCUT2D eigenvalue weighted by atomic mass is 35.5. The van der Waals surface area contributed by atoms with Crippen LogP contribution < -0.4 is 9.47 Å². The Bertz CT molecular complexity index is 824. The number of ether oxygens (including phenoxy) is 2. The van der Waals surface area contributed by atoms with E-state index in [0.717, 1.165) is 5.56 Å². The number of rotatable bonds is 4.